The number of amides is 4. The van der Waals surface area contributed by atoms with E-state index in [1.807, 2.05) is 43.3 Å². The van der Waals surface area contributed by atoms with Crippen LogP contribution in [-0.4, -0.2) is 66.5 Å². The van der Waals surface area contributed by atoms with Crippen LogP contribution in [0.2, 0.25) is 0 Å². The Morgan fingerprint density at radius 1 is 1.03 bits per heavy atom. The molecule has 3 rings (SSSR count). The molecule has 1 aromatic carbocycles. The summed E-state index contributed by atoms with van der Waals surface area (Å²) in [6.45, 7) is 8.36. The van der Waals surface area contributed by atoms with Crippen molar-refractivity contribution in [3.8, 4) is 0 Å². The van der Waals surface area contributed by atoms with E-state index in [2.05, 4.69) is 32.4 Å². The highest BCUT2D eigenvalue weighted by molar-refractivity contribution is 5.93. The van der Waals surface area contributed by atoms with Crippen molar-refractivity contribution in [2.24, 2.45) is 0 Å². The van der Waals surface area contributed by atoms with Crippen LogP contribution < -0.4 is 20.9 Å². The lowest BCUT2D eigenvalue weighted by molar-refractivity contribution is -0.133. The highest BCUT2D eigenvalue weighted by atomic mass is 16.2. The Hall–Kier alpha value is -3.88. The quantitative estimate of drug-likeness (QED) is 0.360. The molecule has 4 amide bonds. The summed E-state index contributed by atoms with van der Waals surface area (Å²) < 4.78 is 0. The summed E-state index contributed by atoms with van der Waals surface area (Å²) in [6, 6.07) is 14.0. The molecule has 2 heterocycles. The maximum absolute atomic E-state index is 13.4. The largest absolute Gasteiger partial charge is 0.353 e. The van der Waals surface area contributed by atoms with Gasteiger partial charge in [0.2, 0.25) is 11.8 Å². The molecule has 1 fully saturated rings. The Morgan fingerprint density at radius 2 is 1.77 bits per heavy atom. The molecule has 1 atom stereocenters. The van der Waals surface area contributed by atoms with Crippen molar-refractivity contribution < 1.29 is 14.4 Å². The molecule has 1 aliphatic rings. The van der Waals surface area contributed by atoms with Crippen LogP contribution in [0.4, 0.5) is 16.3 Å². The average molecular weight is 479 g/mol. The van der Waals surface area contributed by atoms with Gasteiger partial charge in [-0.3, -0.25) is 9.59 Å². The van der Waals surface area contributed by atoms with E-state index < -0.39 is 12.1 Å². The molecule has 0 spiro atoms. The first-order valence-electron chi connectivity index (χ1n) is 12.0. The zero-order chi connectivity index (χ0) is 25.0. The number of piperazine rings is 1. The minimum Gasteiger partial charge on any atom is -0.353 e. The number of urea groups is 1. The molecule has 1 saturated heterocycles. The molecule has 2 aromatic rings. The van der Waals surface area contributed by atoms with E-state index in [0.717, 1.165) is 11.5 Å². The third-order valence-corrected chi connectivity index (χ3v) is 5.83. The lowest BCUT2D eigenvalue weighted by atomic mass is 10.1. The van der Waals surface area contributed by atoms with Gasteiger partial charge in [0.15, 0.2) is 0 Å². The van der Waals surface area contributed by atoms with Gasteiger partial charge < -0.3 is 25.8 Å². The zero-order valence-corrected chi connectivity index (χ0v) is 20.2. The molecule has 0 saturated carbocycles. The van der Waals surface area contributed by atoms with Gasteiger partial charge in [0, 0.05) is 44.1 Å². The second-order valence-corrected chi connectivity index (χ2v) is 8.46. The predicted octanol–water partition coefficient (Wildman–Crippen LogP) is 2.70. The predicted molar refractivity (Wildman–Crippen MR) is 137 cm³/mol. The van der Waals surface area contributed by atoms with Gasteiger partial charge in [-0.1, -0.05) is 30.8 Å². The second-order valence-electron chi connectivity index (χ2n) is 8.46. The number of carbonyl (C=O) groups is 3. The monoisotopic (exact) mass is 478 g/mol. The molecule has 1 aliphatic heterocycles. The van der Waals surface area contributed by atoms with E-state index in [-0.39, 0.29) is 11.8 Å². The lowest BCUT2D eigenvalue weighted by Gasteiger charge is -2.37. The zero-order valence-electron chi connectivity index (χ0n) is 20.2. The van der Waals surface area contributed by atoms with Gasteiger partial charge in [0.25, 0.3) is 0 Å². The number of nitrogens with zero attached hydrogens (tertiary/aromatic N) is 3. The third-order valence-electron chi connectivity index (χ3n) is 5.83. The number of aromatic nitrogens is 1. The lowest BCUT2D eigenvalue weighted by Crippen LogP contribution is -2.55. The first kappa shape index (κ1) is 25.7. The summed E-state index contributed by atoms with van der Waals surface area (Å²) >= 11 is 0. The maximum atomic E-state index is 13.4. The fourth-order valence-corrected chi connectivity index (χ4v) is 3.94. The van der Waals surface area contributed by atoms with Crippen LogP contribution >= 0.6 is 0 Å². The topological polar surface area (TPSA) is 107 Å². The first-order chi connectivity index (χ1) is 17.0. The summed E-state index contributed by atoms with van der Waals surface area (Å²) in [5.41, 5.74) is 1.61. The molecule has 1 unspecified atom stereocenters. The minimum atomic E-state index is -0.655. The van der Waals surface area contributed by atoms with Gasteiger partial charge in [-0.05, 0) is 56.5 Å². The summed E-state index contributed by atoms with van der Waals surface area (Å²) in [5, 5.41) is 8.37. The molecule has 9 heteroatoms. The van der Waals surface area contributed by atoms with Gasteiger partial charge in [0.05, 0.1) is 0 Å². The molecule has 1 aromatic heterocycles. The van der Waals surface area contributed by atoms with Crippen molar-refractivity contribution in [3.63, 3.8) is 0 Å². The van der Waals surface area contributed by atoms with E-state index in [1.54, 1.807) is 17.0 Å². The third kappa shape index (κ3) is 8.13. The normalized spacial score (nSPS) is 14.1. The highest BCUT2D eigenvalue weighted by Gasteiger charge is 2.29. The summed E-state index contributed by atoms with van der Waals surface area (Å²) in [6.07, 6.45) is 3.07. The molecule has 186 valence electrons. The van der Waals surface area contributed by atoms with Crippen LogP contribution in [0.3, 0.4) is 0 Å². The number of pyridine rings is 1. The number of benzene rings is 1. The first-order valence-corrected chi connectivity index (χ1v) is 12.0. The minimum absolute atomic E-state index is 0.0970. The summed E-state index contributed by atoms with van der Waals surface area (Å²) in [7, 11) is 0. The number of nitrogens with one attached hydrogen (secondary N) is 3. The van der Waals surface area contributed by atoms with Crippen LogP contribution in [0.15, 0.2) is 61.2 Å². The van der Waals surface area contributed by atoms with Gasteiger partial charge in [-0.2, -0.15) is 0 Å². The smallest absolute Gasteiger partial charge is 0.319 e. The number of anilines is 2. The Kier molecular flexibility index (Phi) is 9.65. The number of hydrogen-bond acceptors (Lipinski definition) is 5. The second kappa shape index (κ2) is 13.1. The molecule has 35 heavy (non-hydrogen) atoms. The van der Waals surface area contributed by atoms with Crippen molar-refractivity contribution >= 4 is 29.4 Å². The summed E-state index contributed by atoms with van der Waals surface area (Å²) in [5.74, 6) is 0.592. The van der Waals surface area contributed by atoms with Gasteiger partial charge in [-0.25, -0.2) is 9.78 Å². The van der Waals surface area contributed by atoms with Crippen LogP contribution in [0.5, 0.6) is 0 Å². The Bertz CT molecular complexity index is 1010. The molecule has 0 aliphatic carbocycles. The number of hydrogen-bond donors (Lipinski definition) is 3. The van der Waals surface area contributed by atoms with Crippen molar-refractivity contribution in [3.05, 3.63) is 66.9 Å². The standard InChI is InChI=1S/C26H34N6O3/c1-3-24(33)27-15-8-7-13-22(30-26(35)29-21-11-5-4-6-12-21)25(34)32-18-16-31(17-19-32)23-14-9-10-20(2)28-23/h3-6,9-12,14,22H,1,7-8,13,15-19H2,2H3,(H,27,33)(H2,29,30,35). The number of rotatable bonds is 10. The van der Waals surface area contributed by atoms with Crippen molar-refractivity contribution in [2.75, 3.05) is 42.9 Å². The van der Waals surface area contributed by atoms with Crippen molar-refractivity contribution in [1.29, 1.82) is 0 Å². The summed E-state index contributed by atoms with van der Waals surface area (Å²) in [4.78, 5) is 45.9. The Morgan fingerprint density at radius 3 is 2.46 bits per heavy atom. The van der Waals surface area contributed by atoms with Crippen LogP contribution in [0, 0.1) is 6.92 Å². The number of aryl methyl sites for hydroxylation is 1. The van der Waals surface area contributed by atoms with Crippen LogP contribution in [0.25, 0.3) is 0 Å². The fourth-order valence-electron chi connectivity index (χ4n) is 3.94. The van der Waals surface area contributed by atoms with Gasteiger partial charge in [0.1, 0.15) is 11.9 Å². The average Bonchev–Trinajstić information content (AvgIpc) is 2.88. The fraction of sp³-hybridized carbons (Fsp3) is 0.385. The van der Waals surface area contributed by atoms with E-state index in [4.69, 9.17) is 0 Å². The molecular weight excluding hydrogens is 444 g/mol. The Balaban J connectivity index is 1.57. The van der Waals surface area contributed by atoms with E-state index >= 15 is 0 Å². The molecule has 0 radical (unpaired) electrons. The number of para-hydroxylation sites is 1. The maximum Gasteiger partial charge on any atom is 0.319 e. The molecule has 9 nitrogen and oxygen atoms in total. The van der Waals surface area contributed by atoms with Crippen LogP contribution in [0.1, 0.15) is 25.0 Å². The SMILES string of the molecule is C=CC(=O)NCCCCC(NC(=O)Nc1ccccc1)C(=O)N1CCN(c2cccc(C)n2)CC1. The van der Waals surface area contributed by atoms with Crippen LogP contribution in [-0.2, 0) is 9.59 Å². The van der Waals surface area contributed by atoms with E-state index in [9.17, 15) is 14.4 Å². The van der Waals surface area contributed by atoms with E-state index in [1.165, 1.54) is 6.08 Å². The number of unbranched alkanes of at least 4 members (excludes halogenated alkanes) is 1. The van der Waals surface area contributed by atoms with Crippen molar-refractivity contribution in [2.45, 2.75) is 32.2 Å². The Labute approximate surface area is 206 Å². The number of carbonyl (C=O) groups excluding carboxylic acids is 3. The van der Waals surface area contributed by atoms with Crippen molar-refractivity contribution in [1.82, 2.24) is 20.5 Å². The molecular formula is C26H34N6O3. The van der Waals surface area contributed by atoms with Gasteiger partial charge in [-0.15, -0.1) is 0 Å². The van der Waals surface area contributed by atoms with E-state index in [0.29, 0.717) is 57.7 Å². The molecule has 3 N–H and O–H groups in total. The van der Waals surface area contributed by atoms with Gasteiger partial charge >= 0.3 is 6.03 Å². The highest BCUT2D eigenvalue weighted by Crippen LogP contribution is 2.16. The molecule has 0 bridgehead atoms.